The smallest absolute Gasteiger partial charge is 0.263 e. The van der Waals surface area contributed by atoms with Crippen LogP contribution in [0.1, 0.15) is 5.56 Å². The number of benzene rings is 1. The van der Waals surface area contributed by atoms with Crippen molar-refractivity contribution in [2.75, 3.05) is 6.61 Å². The van der Waals surface area contributed by atoms with Gasteiger partial charge in [-0.25, -0.2) is 4.39 Å². The fourth-order valence-electron chi connectivity index (χ4n) is 0.996. The third-order valence-corrected chi connectivity index (χ3v) is 3.24. The zero-order valence-corrected chi connectivity index (χ0v) is 9.71. The molecule has 0 radical (unpaired) electrons. The van der Waals surface area contributed by atoms with Crippen LogP contribution in [0.2, 0.25) is 0 Å². The summed E-state index contributed by atoms with van der Waals surface area (Å²) in [5, 5.41) is 0. The van der Waals surface area contributed by atoms with Crippen LogP contribution in [0.15, 0.2) is 41.8 Å². The highest BCUT2D eigenvalue weighted by atomic mass is 32.2. The van der Waals surface area contributed by atoms with Gasteiger partial charge < -0.3 is 0 Å². The van der Waals surface area contributed by atoms with Crippen molar-refractivity contribution in [3.8, 4) is 0 Å². The van der Waals surface area contributed by atoms with Crippen LogP contribution in [0.4, 0.5) is 4.39 Å². The third-order valence-electron chi connectivity index (χ3n) is 1.95. The molecule has 0 heterocycles. The van der Waals surface area contributed by atoms with E-state index in [4.69, 9.17) is 0 Å². The fraction of sp³-hybridized carbons (Fsp3) is 0.273. The highest BCUT2D eigenvalue weighted by Gasteiger charge is 2.16. The molecule has 1 unspecified atom stereocenters. The Kier molecular flexibility index (Phi) is 4.20. The number of rotatable bonds is 5. The molecule has 1 atom stereocenters. The van der Waals surface area contributed by atoms with Crippen LogP contribution in [0.25, 0.3) is 0 Å². The van der Waals surface area contributed by atoms with Gasteiger partial charge in [-0.05, 0) is 19.1 Å². The first-order valence-electron chi connectivity index (χ1n) is 4.68. The first-order valence-corrected chi connectivity index (χ1v) is 6.09. The van der Waals surface area contributed by atoms with E-state index in [1.165, 1.54) is 12.1 Å². The lowest BCUT2D eigenvalue weighted by Gasteiger charge is -2.06. The van der Waals surface area contributed by atoms with E-state index in [2.05, 4.69) is 10.8 Å². The monoisotopic (exact) mass is 244 g/mol. The summed E-state index contributed by atoms with van der Waals surface area (Å²) < 4.78 is 40.4. The quantitative estimate of drug-likeness (QED) is 0.589. The average molecular weight is 244 g/mol. The summed E-state index contributed by atoms with van der Waals surface area (Å²) in [5.74, 6) is 0. The second kappa shape index (κ2) is 5.23. The van der Waals surface area contributed by atoms with Crippen LogP contribution in [-0.4, -0.2) is 21.2 Å². The predicted octanol–water partition coefficient (Wildman–Crippen LogP) is 2.22. The molecule has 3 nitrogen and oxygen atoms in total. The predicted molar refractivity (Wildman–Crippen MR) is 59.4 cm³/mol. The van der Waals surface area contributed by atoms with Gasteiger partial charge in [0.25, 0.3) is 10.1 Å². The molecule has 0 saturated carbocycles. The van der Waals surface area contributed by atoms with Crippen molar-refractivity contribution in [1.29, 1.82) is 0 Å². The Morgan fingerprint density at radius 2 is 2.00 bits per heavy atom. The lowest BCUT2D eigenvalue weighted by molar-refractivity contribution is 0.234. The van der Waals surface area contributed by atoms with E-state index in [0.29, 0.717) is 0 Å². The number of aryl methyl sites for hydroxylation is 1. The molecular formula is C11H13FO3S. The van der Waals surface area contributed by atoms with Crippen LogP contribution in [0, 0.1) is 6.92 Å². The first-order chi connectivity index (χ1) is 7.45. The van der Waals surface area contributed by atoms with E-state index in [9.17, 15) is 12.8 Å². The minimum absolute atomic E-state index is 0.0226. The van der Waals surface area contributed by atoms with Crippen molar-refractivity contribution in [2.45, 2.75) is 18.0 Å². The molecule has 0 amide bonds. The van der Waals surface area contributed by atoms with Gasteiger partial charge in [-0.15, -0.1) is 6.58 Å². The second-order valence-corrected chi connectivity index (χ2v) is 4.92. The van der Waals surface area contributed by atoms with Gasteiger partial charge in [-0.1, -0.05) is 23.8 Å². The van der Waals surface area contributed by atoms with Crippen LogP contribution in [0.5, 0.6) is 0 Å². The SMILES string of the molecule is C=CC(F)COS(=O)(=O)c1ccc(C)cc1. The second-order valence-electron chi connectivity index (χ2n) is 3.30. The van der Waals surface area contributed by atoms with Gasteiger partial charge in [0, 0.05) is 0 Å². The number of hydrogen-bond acceptors (Lipinski definition) is 3. The Morgan fingerprint density at radius 3 is 2.50 bits per heavy atom. The standard InChI is InChI=1S/C11H13FO3S/c1-3-10(12)8-15-16(13,14)11-6-4-9(2)5-7-11/h3-7,10H,1,8H2,2H3. The van der Waals surface area contributed by atoms with Crippen molar-refractivity contribution in [3.05, 3.63) is 42.5 Å². The molecule has 1 rings (SSSR count). The molecule has 16 heavy (non-hydrogen) atoms. The van der Waals surface area contributed by atoms with E-state index in [-0.39, 0.29) is 4.90 Å². The molecule has 0 aliphatic rings. The molecule has 0 fully saturated rings. The van der Waals surface area contributed by atoms with Gasteiger partial charge in [0.15, 0.2) is 0 Å². The summed E-state index contributed by atoms with van der Waals surface area (Å²) in [6.07, 6.45) is -0.495. The van der Waals surface area contributed by atoms with Crippen molar-refractivity contribution in [1.82, 2.24) is 0 Å². The van der Waals surface area contributed by atoms with Gasteiger partial charge in [-0.2, -0.15) is 8.42 Å². The van der Waals surface area contributed by atoms with Gasteiger partial charge >= 0.3 is 0 Å². The lowest BCUT2D eigenvalue weighted by atomic mass is 10.2. The summed E-state index contributed by atoms with van der Waals surface area (Å²) in [7, 11) is -3.87. The Bertz CT molecular complexity index is 451. The van der Waals surface area contributed by atoms with Crippen molar-refractivity contribution < 1.29 is 17.0 Å². The molecular weight excluding hydrogens is 231 g/mol. The zero-order valence-electron chi connectivity index (χ0n) is 8.89. The van der Waals surface area contributed by atoms with Crippen LogP contribution < -0.4 is 0 Å². The lowest BCUT2D eigenvalue weighted by Crippen LogP contribution is -2.13. The molecule has 0 saturated heterocycles. The summed E-state index contributed by atoms with van der Waals surface area (Å²) >= 11 is 0. The Hall–Kier alpha value is -1.20. The van der Waals surface area contributed by atoms with Gasteiger partial charge in [0.1, 0.15) is 12.8 Å². The van der Waals surface area contributed by atoms with E-state index in [1.54, 1.807) is 12.1 Å². The molecule has 88 valence electrons. The third kappa shape index (κ3) is 3.43. The molecule has 0 aliphatic heterocycles. The number of halogens is 1. The first kappa shape index (κ1) is 12.9. The molecule has 0 N–H and O–H groups in total. The molecule has 1 aromatic rings. The van der Waals surface area contributed by atoms with Crippen molar-refractivity contribution >= 4 is 10.1 Å². The van der Waals surface area contributed by atoms with Crippen LogP contribution >= 0.6 is 0 Å². The van der Waals surface area contributed by atoms with Crippen LogP contribution in [-0.2, 0) is 14.3 Å². The van der Waals surface area contributed by atoms with Gasteiger partial charge in [-0.3, -0.25) is 4.18 Å². The minimum Gasteiger partial charge on any atom is -0.263 e. The van der Waals surface area contributed by atoms with Crippen LogP contribution in [0.3, 0.4) is 0 Å². The maximum atomic E-state index is 12.7. The summed E-state index contributed by atoms with van der Waals surface area (Å²) in [5.41, 5.74) is 0.938. The molecule has 5 heteroatoms. The Morgan fingerprint density at radius 1 is 1.44 bits per heavy atom. The van der Waals surface area contributed by atoms with Gasteiger partial charge in [0.05, 0.1) is 4.90 Å². The highest BCUT2D eigenvalue weighted by molar-refractivity contribution is 7.86. The normalized spacial score (nSPS) is 13.4. The number of alkyl halides is 1. The van der Waals surface area contributed by atoms with E-state index < -0.39 is 22.9 Å². The fourth-order valence-corrected chi connectivity index (χ4v) is 1.91. The van der Waals surface area contributed by atoms with Crippen molar-refractivity contribution in [3.63, 3.8) is 0 Å². The zero-order chi connectivity index (χ0) is 12.2. The van der Waals surface area contributed by atoms with Gasteiger partial charge in [0.2, 0.25) is 0 Å². The van der Waals surface area contributed by atoms with Crippen molar-refractivity contribution in [2.24, 2.45) is 0 Å². The Balaban J connectivity index is 2.78. The average Bonchev–Trinajstić information content (AvgIpc) is 2.26. The minimum atomic E-state index is -3.87. The maximum Gasteiger partial charge on any atom is 0.297 e. The topological polar surface area (TPSA) is 43.4 Å². The van der Waals surface area contributed by atoms with E-state index >= 15 is 0 Å². The molecule has 0 aromatic heterocycles. The molecule has 0 spiro atoms. The van der Waals surface area contributed by atoms with E-state index in [0.717, 1.165) is 11.6 Å². The van der Waals surface area contributed by atoms with E-state index in [1.807, 2.05) is 6.92 Å². The largest absolute Gasteiger partial charge is 0.297 e. The maximum absolute atomic E-state index is 12.7. The summed E-state index contributed by atoms with van der Waals surface area (Å²) in [4.78, 5) is 0.0226. The summed E-state index contributed by atoms with van der Waals surface area (Å²) in [6, 6.07) is 6.14. The molecule has 0 bridgehead atoms. The summed E-state index contributed by atoms with van der Waals surface area (Å²) in [6.45, 7) is 4.49. The molecule has 1 aromatic carbocycles. The molecule has 0 aliphatic carbocycles. The number of hydrogen-bond donors (Lipinski definition) is 0. The Labute approximate surface area is 94.7 Å². The highest BCUT2D eigenvalue weighted by Crippen LogP contribution is 2.13.